The summed E-state index contributed by atoms with van der Waals surface area (Å²) in [5.41, 5.74) is 5.27. The van der Waals surface area contributed by atoms with Crippen LogP contribution in [-0.2, 0) is 4.79 Å². The number of hydrogen-bond acceptors (Lipinski definition) is 3. The fourth-order valence-corrected chi connectivity index (χ4v) is 0.930. The molecular formula is C8H18N2O2. The van der Waals surface area contributed by atoms with Crippen LogP contribution in [0.15, 0.2) is 0 Å². The molecular weight excluding hydrogens is 156 g/mol. The molecule has 0 saturated heterocycles. The predicted octanol–water partition coefficient (Wildman–Crippen LogP) is 0.180. The maximum atomic E-state index is 10.1. The second kappa shape index (κ2) is 8.49. The minimum absolute atomic E-state index is 0.289. The van der Waals surface area contributed by atoms with Crippen molar-refractivity contribution in [2.24, 2.45) is 5.73 Å². The Morgan fingerprint density at radius 1 is 1.25 bits per heavy atom. The molecule has 0 aromatic rings. The SMILES string of the molecule is NCCNCCCCCC(=O)O. The Morgan fingerprint density at radius 2 is 2.00 bits per heavy atom. The second-order valence-electron chi connectivity index (χ2n) is 2.74. The molecule has 0 aromatic carbocycles. The van der Waals surface area contributed by atoms with E-state index in [4.69, 9.17) is 10.8 Å². The number of nitrogens with two attached hydrogens (primary N) is 1. The Kier molecular flexibility index (Phi) is 8.05. The molecule has 0 amide bonds. The zero-order valence-electron chi connectivity index (χ0n) is 7.38. The summed E-state index contributed by atoms with van der Waals surface area (Å²) >= 11 is 0. The molecule has 0 unspecified atom stereocenters. The molecule has 0 heterocycles. The van der Waals surface area contributed by atoms with E-state index in [1.807, 2.05) is 0 Å². The van der Waals surface area contributed by atoms with E-state index in [0.717, 1.165) is 32.4 Å². The van der Waals surface area contributed by atoms with E-state index in [9.17, 15) is 4.79 Å². The van der Waals surface area contributed by atoms with Crippen LogP contribution in [0.25, 0.3) is 0 Å². The Hall–Kier alpha value is -0.610. The molecule has 0 radical (unpaired) electrons. The molecule has 0 saturated carbocycles. The van der Waals surface area contributed by atoms with Crippen molar-refractivity contribution in [1.29, 1.82) is 0 Å². The van der Waals surface area contributed by atoms with Crippen molar-refractivity contribution in [1.82, 2.24) is 5.32 Å². The van der Waals surface area contributed by atoms with E-state index in [0.29, 0.717) is 6.54 Å². The maximum Gasteiger partial charge on any atom is 0.303 e. The minimum atomic E-state index is -0.704. The Bertz CT molecular complexity index is 118. The lowest BCUT2D eigenvalue weighted by Crippen LogP contribution is -2.23. The van der Waals surface area contributed by atoms with Crippen LogP contribution in [0.1, 0.15) is 25.7 Å². The lowest BCUT2D eigenvalue weighted by Gasteiger charge is -2.01. The average molecular weight is 174 g/mol. The Morgan fingerprint density at radius 3 is 2.58 bits per heavy atom. The summed E-state index contributed by atoms with van der Waals surface area (Å²) in [6.07, 6.45) is 3.08. The van der Waals surface area contributed by atoms with Crippen molar-refractivity contribution < 1.29 is 9.90 Å². The van der Waals surface area contributed by atoms with Gasteiger partial charge in [0.1, 0.15) is 0 Å². The fraction of sp³-hybridized carbons (Fsp3) is 0.875. The zero-order chi connectivity index (χ0) is 9.23. The van der Waals surface area contributed by atoms with Crippen LogP contribution < -0.4 is 11.1 Å². The van der Waals surface area contributed by atoms with Crippen LogP contribution in [0.4, 0.5) is 0 Å². The maximum absolute atomic E-state index is 10.1. The van der Waals surface area contributed by atoms with Gasteiger partial charge in [0.25, 0.3) is 0 Å². The van der Waals surface area contributed by atoms with Crippen molar-refractivity contribution in [3.8, 4) is 0 Å². The van der Waals surface area contributed by atoms with Gasteiger partial charge in [-0.15, -0.1) is 0 Å². The third-order valence-electron chi connectivity index (χ3n) is 1.57. The predicted molar refractivity (Wildman–Crippen MR) is 48.0 cm³/mol. The van der Waals surface area contributed by atoms with Gasteiger partial charge in [-0.3, -0.25) is 4.79 Å². The smallest absolute Gasteiger partial charge is 0.303 e. The summed E-state index contributed by atoms with van der Waals surface area (Å²) in [4.78, 5) is 10.1. The number of aliphatic carboxylic acids is 1. The van der Waals surface area contributed by atoms with Crippen LogP contribution in [0.3, 0.4) is 0 Å². The van der Waals surface area contributed by atoms with Crippen LogP contribution >= 0.6 is 0 Å². The minimum Gasteiger partial charge on any atom is -0.481 e. The van der Waals surface area contributed by atoms with Crippen molar-refractivity contribution in [2.75, 3.05) is 19.6 Å². The molecule has 0 bridgehead atoms. The fourth-order valence-electron chi connectivity index (χ4n) is 0.930. The third kappa shape index (κ3) is 9.39. The summed E-state index contributed by atoms with van der Waals surface area (Å²) in [5, 5.41) is 11.5. The molecule has 4 nitrogen and oxygen atoms in total. The topological polar surface area (TPSA) is 75.3 Å². The van der Waals surface area contributed by atoms with Crippen LogP contribution in [-0.4, -0.2) is 30.7 Å². The highest BCUT2D eigenvalue weighted by molar-refractivity contribution is 5.66. The number of carboxylic acids is 1. The average Bonchev–Trinajstić information content (AvgIpc) is 2.02. The number of hydrogen-bond donors (Lipinski definition) is 3. The van der Waals surface area contributed by atoms with E-state index in [1.54, 1.807) is 0 Å². The summed E-state index contributed by atoms with van der Waals surface area (Å²) in [6, 6.07) is 0. The van der Waals surface area contributed by atoms with Gasteiger partial charge in [-0.2, -0.15) is 0 Å². The number of carboxylic acid groups (broad SMARTS) is 1. The van der Waals surface area contributed by atoms with Crippen LogP contribution in [0, 0.1) is 0 Å². The number of unbranched alkanes of at least 4 members (excludes halogenated alkanes) is 2. The van der Waals surface area contributed by atoms with E-state index in [-0.39, 0.29) is 6.42 Å². The molecule has 4 N–H and O–H groups in total. The molecule has 0 aliphatic carbocycles. The van der Waals surface area contributed by atoms with Crippen molar-refractivity contribution >= 4 is 5.97 Å². The van der Waals surface area contributed by atoms with Crippen LogP contribution in [0.2, 0.25) is 0 Å². The molecule has 0 aliphatic heterocycles. The van der Waals surface area contributed by atoms with Gasteiger partial charge in [0, 0.05) is 19.5 Å². The highest BCUT2D eigenvalue weighted by Gasteiger charge is 1.95. The van der Waals surface area contributed by atoms with E-state index in [1.165, 1.54) is 0 Å². The second-order valence-corrected chi connectivity index (χ2v) is 2.74. The van der Waals surface area contributed by atoms with Gasteiger partial charge in [0.05, 0.1) is 0 Å². The van der Waals surface area contributed by atoms with E-state index in [2.05, 4.69) is 5.32 Å². The molecule has 72 valence electrons. The molecule has 0 atom stereocenters. The van der Waals surface area contributed by atoms with Gasteiger partial charge in [0.15, 0.2) is 0 Å². The summed E-state index contributed by atoms with van der Waals surface area (Å²) in [5.74, 6) is -0.704. The quantitative estimate of drug-likeness (QED) is 0.459. The summed E-state index contributed by atoms with van der Waals surface area (Å²) in [7, 11) is 0. The monoisotopic (exact) mass is 174 g/mol. The van der Waals surface area contributed by atoms with Gasteiger partial charge in [-0.1, -0.05) is 6.42 Å². The third-order valence-corrected chi connectivity index (χ3v) is 1.57. The number of rotatable bonds is 8. The molecule has 0 aliphatic rings. The first-order valence-electron chi connectivity index (χ1n) is 4.40. The lowest BCUT2D eigenvalue weighted by molar-refractivity contribution is -0.137. The Labute approximate surface area is 73.1 Å². The summed E-state index contributed by atoms with van der Waals surface area (Å²) in [6.45, 7) is 2.45. The first-order valence-corrected chi connectivity index (χ1v) is 4.40. The summed E-state index contributed by atoms with van der Waals surface area (Å²) < 4.78 is 0. The molecule has 0 spiro atoms. The van der Waals surface area contributed by atoms with Crippen molar-refractivity contribution in [2.45, 2.75) is 25.7 Å². The van der Waals surface area contributed by atoms with E-state index >= 15 is 0 Å². The molecule has 0 fully saturated rings. The van der Waals surface area contributed by atoms with Crippen LogP contribution in [0.5, 0.6) is 0 Å². The molecule has 0 rings (SSSR count). The normalized spacial score (nSPS) is 10.1. The van der Waals surface area contributed by atoms with Crippen molar-refractivity contribution in [3.63, 3.8) is 0 Å². The Balaban J connectivity index is 2.86. The van der Waals surface area contributed by atoms with Crippen molar-refractivity contribution in [3.05, 3.63) is 0 Å². The first-order chi connectivity index (χ1) is 5.77. The zero-order valence-corrected chi connectivity index (χ0v) is 7.38. The van der Waals surface area contributed by atoms with Gasteiger partial charge in [0.2, 0.25) is 0 Å². The highest BCUT2D eigenvalue weighted by atomic mass is 16.4. The molecule has 12 heavy (non-hydrogen) atoms. The van der Waals surface area contributed by atoms with Gasteiger partial charge in [-0.25, -0.2) is 0 Å². The number of nitrogens with one attached hydrogen (secondary N) is 1. The lowest BCUT2D eigenvalue weighted by atomic mass is 10.2. The van der Waals surface area contributed by atoms with E-state index < -0.39 is 5.97 Å². The van der Waals surface area contributed by atoms with Gasteiger partial charge >= 0.3 is 5.97 Å². The first kappa shape index (κ1) is 11.4. The molecule has 4 heteroatoms. The van der Waals surface area contributed by atoms with Gasteiger partial charge in [-0.05, 0) is 19.4 Å². The number of carbonyl (C=O) groups is 1. The molecule has 0 aromatic heterocycles. The largest absolute Gasteiger partial charge is 0.481 e. The highest BCUT2D eigenvalue weighted by Crippen LogP contribution is 1.97. The van der Waals surface area contributed by atoms with Gasteiger partial charge < -0.3 is 16.2 Å². The standard InChI is InChI=1S/C8H18N2O2/c9-5-7-10-6-3-1-2-4-8(11)12/h10H,1-7,9H2,(H,11,12).